The van der Waals surface area contributed by atoms with Crippen LogP contribution in [0.3, 0.4) is 0 Å². The van der Waals surface area contributed by atoms with Gasteiger partial charge in [-0.3, -0.25) is 4.90 Å². The van der Waals surface area contributed by atoms with Crippen molar-refractivity contribution in [1.82, 2.24) is 25.1 Å². The van der Waals surface area contributed by atoms with Crippen LogP contribution in [0.2, 0.25) is 0 Å². The number of benzene rings is 2. The van der Waals surface area contributed by atoms with Gasteiger partial charge in [0.2, 0.25) is 0 Å². The quantitative estimate of drug-likeness (QED) is 0.461. The summed E-state index contributed by atoms with van der Waals surface area (Å²) in [6, 6.07) is 16.6. The summed E-state index contributed by atoms with van der Waals surface area (Å²) in [6.07, 6.45) is 1.59. The Morgan fingerprint density at radius 3 is 2.34 bits per heavy atom. The molecule has 0 bridgehead atoms. The van der Waals surface area contributed by atoms with E-state index in [1.54, 1.807) is 41.3 Å². The molecular formula is C23H22F2N6O. The first-order valence-electron chi connectivity index (χ1n) is 10.5. The van der Waals surface area contributed by atoms with Crippen LogP contribution in [0.15, 0.2) is 71.3 Å². The Kier molecular flexibility index (Phi) is 5.64. The highest BCUT2D eigenvalue weighted by Crippen LogP contribution is 2.31. The molecule has 9 heteroatoms. The van der Waals surface area contributed by atoms with Gasteiger partial charge in [-0.1, -0.05) is 30.3 Å². The standard InChI is InChI=1S/C23H22F2N6O/c24-19-8-2-1-7-18(19)22(23-26-27-28-31(23)16-17-6-5-15-32-17)30-13-11-29(12-14-30)21-10-4-3-9-20(21)25/h1-10,15,22H,11-14,16H2/t22-/m1/s1. The van der Waals surface area contributed by atoms with Crippen LogP contribution in [0, 0.1) is 11.6 Å². The van der Waals surface area contributed by atoms with E-state index in [0.717, 1.165) is 0 Å². The van der Waals surface area contributed by atoms with Crippen molar-refractivity contribution in [2.75, 3.05) is 31.1 Å². The molecule has 0 spiro atoms. The van der Waals surface area contributed by atoms with Gasteiger partial charge in [0.15, 0.2) is 5.82 Å². The second-order valence-electron chi connectivity index (χ2n) is 7.67. The van der Waals surface area contributed by atoms with Crippen molar-refractivity contribution in [3.63, 3.8) is 0 Å². The molecule has 7 nitrogen and oxygen atoms in total. The van der Waals surface area contributed by atoms with Crippen molar-refractivity contribution >= 4 is 5.69 Å². The molecule has 3 heterocycles. The monoisotopic (exact) mass is 436 g/mol. The summed E-state index contributed by atoms with van der Waals surface area (Å²) < 4.78 is 36.3. The number of rotatable bonds is 6. The van der Waals surface area contributed by atoms with Gasteiger partial charge in [0.1, 0.15) is 30.0 Å². The van der Waals surface area contributed by atoms with Crippen molar-refractivity contribution in [2.24, 2.45) is 0 Å². The molecule has 2 aromatic heterocycles. The summed E-state index contributed by atoms with van der Waals surface area (Å²) in [5, 5.41) is 12.2. The van der Waals surface area contributed by atoms with Gasteiger partial charge in [0, 0.05) is 31.7 Å². The lowest BCUT2D eigenvalue weighted by Gasteiger charge is -2.40. The van der Waals surface area contributed by atoms with Gasteiger partial charge >= 0.3 is 0 Å². The van der Waals surface area contributed by atoms with Crippen molar-refractivity contribution in [3.05, 3.63) is 95.7 Å². The minimum Gasteiger partial charge on any atom is -0.467 e. The highest BCUT2D eigenvalue weighted by atomic mass is 19.1. The number of aromatic nitrogens is 4. The number of furan rings is 1. The van der Waals surface area contributed by atoms with Gasteiger partial charge in [-0.25, -0.2) is 13.5 Å². The fourth-order valence-corrected chi connectivity index (χ4v) is 4.20. The first-order valence-corrected chi connectivity index (χ1v) is 10.5. The minimum atomic E-state index is -0.482. The van der Waals surface area contributed by atoms with Crippen LogP contribution in [0.5, 0.6) is 0 Å². The molecular weight excluding hydrogens is 414 g/mol. The summed E-state index contributed by atoms with van der Waals surface area (Å²) in [7, 11) is 0. The first-order chi connectivity index (χ1) is 15.7. The zero-order valence-electron chi connectivity index (χ0n) is 17.3. The molecule has 0 unspecified atom stereocenters. The van der Waals surface area contributed by atoms with Gasteiger partial charge in [0.25, 0.3) is 0 Å². The lowest BCUT2D eigenvalue weighted by atomic mass is 10.0. The fraction of sp³-hybridized carbons (Fsp3) is 0.261. The van der Waals surface area contributed by atoms with Gasteiger partial charge in [-0.2, -0.15) is 0 Å². The lowest BCUT2D eigenvalue weighted by molar-refractivity contribution is 0.197. The molecule has 1 aliphatic heterocycles. The normalized spacial score (nSPS) is 15.8. The third-order valence-electron chi connectivity index (χ3n) is 5.76. The molecule has 0 radical (unpaired) electrons. The van der Waals surface area contributed by atoms with Gasteiger partial charge in [0.05, 0.1) is 12.0 Å². The maximum Gasteiger partial charge on any atom is 0.173 e. The Hall–Kier alpha value is -3.59. The number of anilines is 1. The van der Waals surface area contributed by atoms with Gasteiger partial charge < -0.3 is 9.32 Å². The summed E-state index contributed by atoms with van der Waals surface area (Å²) in [4.78, 5) is 4.15. The molecule has 0 N–H and O–H groups in total. The Morgan fingerprint density at radius 2 is 1.62 bits per heavy atom. The summed E-state index contributed by atoms with van der Waals surface area (Å²) in [6.45, 7) is 2.74. The molecule has 1 saturated heterocycles. The number of halogens is 2. The van der Waals surface area contributed by atoms with E-state index in [1.807, 2.05) is 23.1 Å². The summed E-state index contributed by atoms with van der Waals surface area (Å²) in [5.74, 6) is 0.677. The molecule has 5 rings (SSSR count). The second kappa shape index (κ2) is 8.88. The van der Waals surface area contributed by atoms with Crippen LogP contribution in [-0.2, 0) is 6.54 Å². The van der Waals surface area contributed by atoms with Crippen molar-refractivity contribution in [1.29, 1.82) is 0 Å². The van der Waals surface area contributed by atoms with Crippen LogP contribution in [0.25, 0.3) is 0 Å². The third kappa shape index (κ3) is 3.99. The van der Waals surface area contributed by atoms with Crippen LogP contribution < -0.4 is 4.90 Å². The third-order valence-corrected chi connectivity index (χ3v) is 5.76. The molecule has 4 aromatic rings. The molecule has 0 amide bonds. The predicted molar refractivity (Wildman–Crippen MR) is 114 cm³/mol. The number of piperazine rings is 1. The average molecular weight is 436 g/mol. The smallest absolute Gasteiger partial charge is 0.173 e. The number of para-hydroxylation sites is 1. The van der Waals surface area contributed by atoms with Crippen LogP contribution in [0.4, 0.5) is 14.5 Å². The van der Waals surface area contributed by atoms with E-state index in [-0.39, 0.29) is 11.6 Å². The first kappa shape index (κ1) is 20.3. The lowest BCUT2D eigenvalue weighted by Crippen LogP contribution is -2.48. The zero-order valence-corrected chi connectivity index (χ0v) is 17.3. The van der Waals surface area contributed by atoms with E-state index in [0.29, 0.717) is 55.6 Å². The number of nitrogens with zero attached hydrogens (tertiary/aromatic N) is 6. The highest BCUT2D eigenvalue weighted by Gasteiger charge is 2.32. The fourth-order valence-electron chi connectivity index (χ4n) is 4.20. The van der Waals surface area contributed by atoms with Crippen LogP contribution >= 0.6 is 0 Å². The van der Waals surface area contributed by atoms with E-state index >= 15 is 0 Å². The molecule has 1 aliphatic rings. The zero-order chi connectivity index (χ0) is 21.9. The predicted octanol–water partition coefficient (Wildman–Crippen LogP) is 3.50. The minimum absolute atomic E-state index is 0.242. The van der Waals surface area contributed by atoms with Crippen molar-refractivity contribution < 1.29 is 13.2 Å². The van der Waals surface area contributed by atoms with Gasteiger partial charge in [-0.15, -0.1) is 5.10 Å². The van der Waals surface area contributed by atoms with Crippen LogP contribution in [0.1, 0.15) is 23.2 Å². The SMILES string of the molecule is Fc1ccccc1[C@H](c1nnnn1Cc1ccco1)N1CCN(c2ccccc2F)CC1. The largest absolute Gasteiger partial charge is 0.467 e. The summed E-state index contributed by atoms with van der Waals surface area (Å²) >= 11 is 0. The highest BCUT2D eigenvalue weighted by molar-refractivity contribution is 5.48. The summed E-state index contributed by atoms with van der Waals surface area (Å²) in [5.41, 5.74) is 1.08. The average Bonchev–Trinajstić information content (AvgIpc) is 3.49. The molecule has 1 atom stereocenters. The Labute approximate surface area is 183 Å². The Balaban J connectivity index is 1.45. The van der Waals surface area contributed by atoms with E-state index in [1.165, 1.54) is 12.1 Å². The molecule has 164 valence electrons. The van der Waals surface area contributed by atoms with E-state index in [4.69, 9.17) is 4.42 Å². The maximum absolute atomic E-state index is 14.9. The number of hydrogen-bond donors (Lipinski definition) is 0. The molecule has 1 fully saturated rings. The Bertz CT molecular complexity index is 1170. The van der Waals surface area contributed by atoms with E-state index in [2.05, 4.69) is 20.4 Å². The molecule has 0 aliphatic carbocycles. The number of tetrazole rings is 1. The second-order valence-corrected chi connectivity index (χ2v) is 7.67. The van der Waals surface area contributed by atoms with Crippen LogP contribution in [-0.4, -0.2) is 51.3 Å². The van der Waals surface area contributed by atoms with Crippen molar-refractivity contribution in [3.8, 4) is 0 Å². The van der Waals surface area contributed by atoms with E-state index in [9.17, 15) is 8.78 Å². The molecule has 2 aromatic carbocycles. The molecule has 32 heavy (non-hydrogen) atoms. The van der Waals surface area contributed by atoms with Gasteiger partial charge in [-0.05, 0) is 40.8 Å². The Morgan fingerprint density at radius 1 is 0.875 bits per heavy atom. The topological polar surface area (TPSA) is 63.2 Å². The molecule has 0 saturated carbocycles. The van der Waals surface area contributed by atoms with Crippen molar-refractivity contribution in [2.45, 2.75) is 12.6 Å². The maximum atomic E-state index is 14.9. The van der Waals surface area contributed by atoms with E-state index < -0.39 is 6.04 Å². The number of hydrogen-bond acceptors (Lipinski definition) is 6.